The van der Waals surface area contributed by atoms with Crippen LogP contribution in [0.5, 0.6) is 5.75 Å². The van der Waals surface area contributed by atoms with Crippen molar-refractivity contribution in [2.24, 2.45) is 4.99 Å². The smallest absolute Gasteiger partial charge is 0.252 e. The van der Waals surface area contributed by atoms with E-state index < -0.39 is 0 Å². The summed E-state index contributed by atoms with van der Waals surface area (Å²) in [5.41, 5.74) is 2.91. The molecule has 2 aromatic carbocycles. The van der Waals surface area contributed by atoms with Crippen molar-refractivity contribution < 1.29 is 9.53 Å². The molecule has 3 rings (SSSR count). The number of terminal acetylenes is 1. The number of hydrogen-bond acceptors (Lipinski definition) is 4. The Hall–Kier alpha value is -2.49. The topological polar surface area (TPSA) is 43.6 Å². The van der Waals surface area contributed by atoms with Crippen LogP contribution in [-0.4, -0.2) is 23.8 Å². The first-order valence-corrected chi connectivity index (χ1v) is 10.4. The van der Waals surface area contributed by atoms with Crippen LogP contribution < -0.4 is 9.54 Å². The molecule has 0 bridgehead atoms. The second kappa shape index (κ2) is 8.47. The first kappa shape index (κ1) is 19.3. The number of carbonyl (C=O) groups excluding carboxylic acids is 1. The van der Waals surface area contributed by atoms with E-state index in [4.69, 9.17) is 11.2 Å². The summed E-state index contributed by atoms with van der Waals surface area (Å²) in [6.07, 6.45) is 7.80. The van der Waals surface area contributed by atoms with Gasteiger partial charge >= 0.3 is 0 Å². The van der Waals surface area contributed by atoms with Crippen LogP contribution in [0.4, 0.5) is 0 Å². The summed E-state index contributed by atoms with van der Waals surface area (Å²) in [5, 5.41) is 0. The van der Waals surface area contributed by atoms with Gasteiger partial charge in [-0.15, -0.1) is 18.2 Å². The summed E-state index contributed by atoms with van der Waals surface area (Å²) in [4.78, 5) is 18.7. The Labute approximate surface area is 166 Å². The summed E-state index contributed by atoms with van der Waals surface area (Å²) in [6.45, 7) is 2.34. The van der Waals surface area contributed by atoms with Gasteiger partial charge in [0.15, 0.2) is 4.80 Å². The Morgan fingerprint density at radius 1 is 1.33 bits per heavy atom. The minimum atomic E-state index is -0.193. The molecule has 27 heavy (non-hydrogen) atoms. The fourth-order valence-corrected chi connectivity index (χ4v) is 4.48. The van der Waals surface area contributed by atoms with Gasteiger partial charge < -0.3 is 9.30 Å². The van der Waals surface area contributed by atoms with Crippen molar-refractivity contribution in [2.45, 2.75) is 24.8 Å². The van der Waals surface area contributed by atoms with Crippen molar-refractivity contribution in [3.05, 3.63) is 52.3 Å². The first-order valence-electron chi connectivity index (χ1n) is 8.37. The van der Waals surface area contributed by atoms with Crippen LogP contribution in [0.25, 0.3) is 10.2 Å². The maximum absolute atomic E-state index is 12.5. The van der Waals surface area contributed by atoms with Crippen molar-refractivity contribution in [2.75, 3.05) is 13.4 Å². The molecule has 1 amide bonds. The van der Waals surface area contributed by atoms with Gasteiger partial charge in [0.2, 0.25) is 0 Å². The third kappa shape index (κ3) is 4.26. The van der Waals surface area contributed by atoms with Crippen LogP contribution in [-0.2, 0) is 17.8 Å². The molecule has 3 aromatic rings. The molecule has 0 spiro atoms. The molecule has 0 radical (unpaired) electrons. The summed E-state index contributed by atoms with van der Waals surface area (Å²) in [7, 11) is 1.64. The molecule has 4 nitrogen and oxygen atoms in total. The molecule has 0 saturated heterocycles. The van der Waals surface area contributed by atoms with Gasteiger partial charge in [0, 0.05) is 4.90 Å². The summed E-state index contributed by atoms with van der Waals surface area (Å²) in [6, 6.07) is 11.9. The highest BCUT2D eigenvalue weighted by molar-refractivity contribution is 7.98. The van der Waals surface area contributed by atoms with E-state index in [0.29, 0.717) is 11.3 Å². The van der Waals surface area contributed by atoms with Crippen molar-refractivity contribution in [3.8, 4) is 18.1 Å². The minimum Gasteiger partial charge on any atom is -0.496 e. The van der Waals surface area contributed by atoms with E-state index in [1.807, 2.05) is 42.0 Å². The standard InChI is InChI=1S/C21H20N2O2S2/c1-5-10-23-17-8-7-16(26-4)13-19(17)27-21(23)22-20(24)12-15-6-9-18(25-3)14(2)11-15/h1,6-9,11,13H,10,12H2,2-4H3. The zero-order valence-corrected chi connectivity index (χ0v) is 17.1. The third-order valence-corrected chi connectivity index (χ3v) is 5.94. The molecule has 0 saturated carbocycles. The maximum atomic E-state index is 12.5. The predicted octanol–water partition coefficient (Wildman–Crippen LogP) is 4.04. The summed E-state index contributed by atoms with van der Waals surface area (Å²) < 4.78 is 8.26. The number of ether oxygens (including phenoxy) is 1. The number of thiazole rings is 1. The molecular weight excluding hydrogens is 376 g/mol. The van der Waals surface area contributed by atoms with Crippen LogP contribution in [0.3, 0.4) is 0 Å². The highest BCUT2D eigenvalue weighted by Gasteiger charge is 2.09. The van der Waals surface area contributed by atoms with Gasteiger partial charge in [-0.3, -0.25) is 4.79 Å². The Kier molecular flexibility index (Phi) is 6.04. The Bertz CT molecular complexity index is 1100. The number of aryl methyl sites for hydroxylation is 1. The Morgan fingerprint density at radius 3 is 2.81 bits per heavy atom. The lowest BCUT2D eigenvalue weighted by molar-refractivity contribution is -0.117. The van der Waals surface area contributed by atoms with E-state index in [0.717, 1.165) is 27.1 Å². The lowest BCUT2D eigenvalue weighted by atomic mass is 10.1. The molecule has 0 N–H and O–H groups in total. The average Bonchev–Trinajstić information content (AvgIpc) is 2.98. The second-order valence-corrected chi connectivity index (χ2v) is 7.88. The highest BCUT2D eigenvalue weighted by atomic mass is 32.2. The molecule has 0 aliphatic carbocycles. The number of benzene rings is 2. The van der Waals surface area contributed by atoms with E-state index in [2.05, 4.69) is 23.0 Å². The number of aromatic nitrogens is 1. The zero-order valence-electron chi connectivity index (χ0n) is 15.5. The maximum Gasteiger partial charge on any atom is 0.252 e. The Morgan fingerprint density at radius 2 is 2.15 bits per heavy atom. The van der Waals surface area contributed by atoms with Crippen molar-refractivity contribution >= 4 is 39.2 Å². The molecule has 0 unspecified atom stereocenters. The number of rotatable bonds is 5. The molecule has 0 fully saturated rings. The summed E-state index contributed by atoms with van der Waals surface area (Å²) in [5.74, 6) is 3.27. The van der Waals surface area contributed by atoms with Gasteiger partial charge in [-0.1, -0.05) is 29.4 Å². The van der Waals surface area contributed by atoms with Gasteiger partial charge in [-0.25, -0.2) is 0 Å². The van der Waals surface area contributed by atoms with Gasteiger partial charge in [-0.05, 0) is 48.6 Å². The zero-order chi connectivity index (χ0) is 19.4. The fraction of sp³-hybridized carbons (Fsp3) is 0.238. The van der Waals surface area contributed by atoms with Gasteiger partial charge in [0.25, 0.3) is 5.91 Å². The van der Waals surface area contributed by atoms with Crippen LogP contribution in [0.2, 0.25) is 0 Å². The van der Waals surface area contributed by atoms with E-state index in [1.165, 1.54) is 16.2 Å². The number of amides is 1. The normalized spacial score (nSPS) is 11.6. The van der Waals surface area contributed by atoms with Crippen LogP contribution >= 0.6 is 23.1 Å². The molecule has 138 valence electrons. The lowest BCUT2D eigenvalue weighted by Crippen LogP contribution is -2.17. The fourth-order valence-electron chi connectivity index (χ4n) is 2.88. The average molecular weight is 397 g/mol. The summed E-state index contributed by atoms with van der Waals surface area (Å²) >= 11 is 3.17. The minimum absolute atomic E-state index is 0.193. The highest BCUT2D eigenvalue weighted by Crippen LogP contribution is 2.24. The van der Waals surface area contributed by atoms with E-state index in [-0.39, 0.29) is 12.3 Å². The van der Waals surface area contributed by atoms with E-state index in [9.17, 15) is 4.79 Å². The van der Waals surface area contributed by atoms with E-state index in [1.54, 1.807) is 18.9 Å². The number of carbonyl (C=O) groups is 1. The number of methoxy groups -OCH3 is 1. The largest absolute Gasteiger partial charge is 0.496 e. The molecule has 0 aliphatic heterocycles. The van der Waals surface area contributed by atoms with Crippen LogP contribution in [0.15, 0.2) is 46.3 Å². The Balaban J connectivity index is 1.96. The second-order valence-electron chi connectivity index (χ2n) is 5.99. The number of thioether (sulfide) groups is 1. The molecule has 0 aliphatic rings. The van der Waals surface area contributed by atoms with Crippen molar-refractivity contribution in [1.29, 1.82) is 0 Å². The molecular formula is C21H20N2O2S2. The molecule has 0 atom stereocenters. The predicted molar refractivity (Wildman–Crippen MR) is 112 cm³/mol. The number of hydrogen-bond donors (Lipinski definition) is 0. The third-order valence-electron chi connectivity index (χ3n) is 4.17. The molecule has 1 heterocycles. The first-order chi connectivity index (χ1) is 13.0. The van der Waals surface area contributed by atoms with Gasteiger partial charge in [0.1, 0.15) is 5.75 Å². The van der Waals surface area contributed by atoms with Crippen LogP contribution in [0, 0.1) is 19.3 Å². The van der Waals surface area contributed by atoms with E-state index >= 15 is 0 Å². The number of nitrogens with zero attached hydrogens (tertiary/aromatic N) is 2. The van der Waals surface area contributed by atoms with Crippen molar-refractivity contribution in [3.63, 3.8) is 0 Å². The SMILES string of the molecule is C#CCn1c(=NC(=O)Cc2ccc(OC)c(C)c2)sc2cc(SC)ccc21. The number of fused-ring (bicyclic) bond motifs is 1. The molecule has 1 aromatic heterocycles. The molecule has 6 heteroatoms. The quantitative estimate of drug-likeness (QED) is 0.483. The monoisotopic (exact) mass is 396 g/mol. The lowest BCUT2D eigenvalue weighted by Gasteiger charge is -2.06. The van der Waals surface area contributed by atoms with Gasteiger partial charge in [-0.2, -0.15) is 4.99 Å². The van der Waals surface area contributed by atoms with Crippen molar-refractivity contribution in [1.82, 2.24) is 4.57 Å². The van der Waals surface area contributed by atoms with Crippen LogP contribution in [0.1, 0.15) is 11.1 Å². The van der Waals surface area contributed by atoms with Gasteiger partial charge in [0.05, 0.1) is 30.3 Å².